The molecule has 1 aliphatic rings. The van der Waals surface area contributed by atoms with E-state index in [0.717, 1.165) is 12.8 Å². The number of carbonyl (C=O) groups excluding carboxylic acids is 1. The summed E-state index contributed by atoms with van der Waals surface area (Å²) in [6.07, 6.45) is 3.94. The Balaban J connectivity index is 2.19. The molecule has 12 heavy (non-hydrogen) atoms. The van der Waals surface area contributed by atoms with Crippen LogP contribution in [0.15, 0.2) is 0 Å². The minimum atomic E-state index is -0.381. The lowest BCUT2D eigenvalue weighted by Crippen LogP contribution is -2.44. The van der Waals surface area contributed by atoms with Gasteiger partial charge in [-0.3, -0.25) is 4.79 Å². The van der Waals surface area contributed by atoms with Crippen molar-refractivity contribution in [2.24, 2.45) is 5.73 Å². The number of hydrogen-bond acceptors (Lipinski definition) is 2. The molecule has 1 amide bonds. The zero-order chi connectivity index (χ0) is 9.19. The van der Waals surface area contributed by atoms with E-state index < -0.39 is 0 Å². The highest BCUT2D eigenvalue weighted by atomic mass is 16.1. The first-order valence-electron chi connectivity index (χ1n) is 4.56. The third kappa shape index (κ3) is 3.22. The van der Waals surface area contributed by atoms with Crippen LogP contribution in [0.4, 0.5) is 0 Å². The summed E-state index contributed by atoms with van der Waals surface area (Å²) in [6.45, 7) is 3.74. The van der Waals surface area contributed by atoms with Gasteiger partial charge in [-0.2, -0.15) is 0 Å². The van der Waals surface area contributed by atoms with Crippen LogP contribution < -0.4 is 11.1 Å². The fourth-order valence-electron chi connectivity index (χ4n) is 1.25. The van der Waals surface area contributed by atoms with Crippen molar-refractivity contribution in [3.05, 3.63) is 0 Å². The molecule has 0 radical (unpaired) electrons. The zero-order valence-electron chi connectivity index (χ0n) is 7.89. The van der Waals surface area contributed by atoms with Gasteiger partial charge in [-0.05, 0) is 33.1 Å². The van der Waals surface area contributed by atoms with Gasteiger partial charge >= 0.3 is 0 Å². The molecule has 3 heteroatoms. The van der Waals surface area contributed by atoms with E-state index in [1.54, 1.807) is 0 Å². The fourth-order valence-corrected chi connectivity index (χ4v) is 1.25. The van der Waals surface area contributed by atoms with E-state index in [-0.39, 0.29) is 11.4 Å². The van der Waals surface area contributed by atoms with Gasteiger partial charge < -0.3 is 11.1 Å². The van der Waals surface area contributed by atoms with E-state index in [0.29, 0.717) is 12.5 Å². The van der Waals surface area contributed by atoms with Crippen molar-refractivity contribution in [3.63, 3.8) is 0 Å². The molecule has 0 aromatic rings. The van der Waals surface area contributed by atoms with Gasteiger partial charge in [-0.1, -0.05) is 0 Å². The Labute approximate surface area is 73.7 Å². The predicted octanol–water partition coefficient (Wildman–Crippen LogP) is 0.782. The normalized spacial score (nSPS) is 18.6. The van der Waals surface area contributed by atoms with Crippen molar-refractivity contribution in [2.75, 3.05) is 0 Å². The van der Waals surface area contributed by atoms with Gasteiger partial charge in [0, 0.05) is 18.0 Å². The van der Waals surface area contributed by atoms with Crippen LogP contribution in [0.1, 0.15) is 39.5 Å². The van der Waals surface area contributed by atoms with E-state index in [1.807, 2.05) is 13.8 Å². The number of rotatable bonds is 3. The van der Waals surface area contributed by atoms with Crippen molar-refractivity contribution in [1.82, 2.24) is 5.32 Å². The number of carbonyl (C=O) groups is 1. The van der Waals surface area contributed by atoms with Gasteiger partial charge in [0.25, 0.3) is 0 Å². The largest absolute Gasteiger partial charge is 0.353 e. The van der Waals surface area contributed by atoms with Crippen molar-refractivity contribution in [3.8, 4) is 0 Å². The zero-order valence-corrected chi connectivity index (χ0v) is 7.89. The van der Waals surface area contributed by atoms with Crippen molar-refractivity contribution in [2.45, 2.75) is 51.1 Å². The number of nitrogens with one attached hydrogen (secondary N) is 1. The third-order valence-corrected chi connectivity index (χ3v) is 2.09. The van der Waals surface area contributed by atoms with E-state index in [2.05, 4.69) is 5.32 Å². The molecule has 3 nitrogen and oxygen atoms in total. The molecule has 0 spiro atoms. The second-order valence-corrected chi connectivity index (χ2v) is 4.36. The minimum absolute atomic E-state index is 0.0900. The first-order chi connectivity index (χ1) is 5.47. The van der Waals surface area contributed by atoms with Gasteiger partial charge in [-0.25, -0.2) is 0 Å². The Morgan fingerprint density at radius 3 is 2.50 bits per heavy atom. The molecule has 1 saturated carbocycles. The Morgan fingerprint density at radius 1 is 1.58 bits per heavy atom. The van der Waals surface area contributed by atoms with Crippen LogP contribution in [0.25, 0.3) is 0 Å². The first kappa shape index (κ1) is 9.52. The van der Waals surface area contributed by atoms with Crippen LogP contribution in [-0.4, -0.2) is 17.5 Å². The monoisotopic (exact) mass is 170 g/mol. The molecule has 0 bridgehead atoms. The first-order valence-corrected chi connectivity index (χ1v) is 4.56. The van der Waals surface area contributed by atoms with E-state index in [9.17, 15) is 4.79 Å². The number of hydrogen-bond donors (Lipinski definition) is 2. The molecule has 1 fully saturated rings. The maximum absolute atomic E-state index is 11.3. The molecule has 1 rings (SSSR count). The summed E-state index contributed by atoms with van der Waals surface area (Å²) >= 11 is 0. The quantitative estimate of drug-likeness (QED) is 0.657. The molecular formula is C9H18N2O. The van der Waals surface area contributed by atoms with Crippen LogP contribution in [0.5, 0.6) is 0 Å². The molecule has 0 saturated heterocycles. The molecule has 1 aliphatic carbocycles. The second kappa shape index (κ2) is 3.44. The van der Waals surface area contributed by atoms with Gasteiger partial charge in [0.1, 0.15) is 0 Å². The predicted molar refractivity (Wildman–Crippen MR) is 48.7 cm³/mol. The number of nitrogens with two attached hydrogens (primary N) is 1. The summed E-state index contributed by atoms with van der Waals surface area (Å²) in [7, 11) is 0. The Kier molecular flexibility index (Phi) is 2.73. The molecular weight excluding hydrogens is 152 g/mol. The minimum Gasteiger partial charge on any atom is -0.353 e. The maximum Gasteiger partial charge on any atom is 0.222 e. The molecule has 0 aromatic heterocycles. The number of amides is 1. The molecule has 0 atom stereocenters. The van der Waals surface area contributed by atoms with Crippen molar-refractivity contribution in [1.29, 1.82) is 0 Å². The van der Waals surface area contributed by atoms with Gasteiger partial charge in [0.2, 0.25) is 5.91 Å². The van der Waals surface area contributed by atoms with Crippen LogP contribution >= 0.6 is 0 Å². The topological polar surface area (TPSA) is 55.1 Å². The van der Waals surface area contributed by atoms with Crippen LogP contribution in [-0.2, 0) is 4.79 Å². The summed E-state index contributed by atoms with van der Waals surface area (Å²) in [6, 6.07) is 0.430. The summed E-state index contributed by atoms with van der Waals surface area (Å²) in [5.74, 6) is 0.0900. The van der Waals surface area contributed by atoms with Crippen molar-refractivity contribution >= 4 is 5.91 Å². The molecule has 0 unspecified atom stereocenters. The lowest BCUT2D eigenvalue weighted by atomic mass is 9.92. The SMILES string of the molecule is CC(C)(N)CC(=O)NC1CCC1. The van der Waals surface area contributed by atoms with Crippen molar-refractivity contribution < 1.29 is 4.79 Å². The van der Waals surface area contributed by atoms with Crippen LogP contribution in [0, 0.1) is 0 Å². The molecule has 0 aliphatic heterocycles. The summed E-state index contributed by atoms with van der Waals surface area (Å²) in [4.78, 5) is 11.3. The lowest BCUT2D eigenvalue weighted by Gasteiger charge is -2.28. The standard InChI is InChI=1S/C9H18N2O/c1-9(2,10)6-8(12)11-7-4-3-5-7/h7H,3-6,10H2,1-2H3,(H,11,12). The molecule has 0 aromatic carbocycles. The van der Waals surface area contributed by atoms with Gasteiger partial charge in [-0.15, -0.1) is 0 Å². The highest BCUT2D eigenvalue weighted by Crippen LogP contribution is 2.18. The average molecular weight is 170 g/mol. The summed E-state index contributed by atoms with van der Waals surface area (Å²) in [5.41, 5.74) is 5.33. The Bertz CT molecular complexity index is 168. The van der Waals surface area contributed by atoms with E-state index in [4.69, 9.17) is 5.73 Å². The summed E-state index contributed by atoms with van der Waals surface area (Å²) < 4.78 is 0. The smallest absolute Gasteiger partial charge is 0.222 e. The van der Waals surface area contributed by atoms with Crippen LogP contribution in [0.2, 0.25) is 0 Å². The molecule has 3 N–H and O–H groups in total. The fraction of sp³-hybridized carbons (Fsp3) is 0.889. The van der Waals surface area contributed by atoms with Crippen LogP contribution in [0.3, 0.4) is 0 Å². The average Bonchev–Trinajstić information content (AvgIpc) is 1.74. The molecule has 0 heterocycles. The van der Waals surface area contributed by atoms with E-state index in [1.165, 1.54) is 6.42 Å². The highest BCUT2D eigenvalue weighted by molar-refractivity contribution is 5.77. The lowest BCUT2D eigenvalue weighted by molar-refractivity contribution is -0.123. The molecule has 70 valence electrons. The highest BCUT2D eigenvalue weighted by Gasteiger charge is 2.22. The van der Waals surface area contributed by atoms with E-state index >= 15 is 0 Å². The Morgan fingerprint density at radius 2 is 2.17 bits per heavy atom. The summed E-state index contributed by atoms with van der Waals surface area (Å²) in [5, 5.41) is 2.95. The van der Waals surface area contributed by atoms with Gasteiger partial charge in [0.05, 0.1) is 0 Å². The van der Waals surface area contributed by atoms with Gasteiger partial charge in [0.15, 0.2) is 0 Å². The third-order valence-electron chi connectivity index (χ3n) is 2.09. The second-order valence-electron chi connectivity index (χ2n) is 4.36. The Hall–Kier alpha value is -0.570. The maximum atomic E-state index is 11.3.